The summed E-state index contributed by atoms with van der Waals surface area (Å²) in [5.74, 6) is 0. The predicted octanol–water partition coefficient (Wildman–Crippen LogP) is 4.63. The average molecular weight is 336 g/mol. The van der Waals surface area contributed by atoms with Crippen LogP contribution in [-0.4, -0.2) is 21.5 Å². The van der Waals surface area contributed by atoms with E-state index >= 15 is 0 Å². The molecule has 0 spiro atoms. The van der Waals surface area contributed by atoms with Gasteiger partial charge in [-0.25, -0.2) is 4.98 Å². The third-order valence-electron chi connectivity index (χ3n) is 5.24. The summed E-state index contributed by atoms with van der Waals surface area (Å²) < 4.78 is 2.08. The number of nitrogens with zero attached hydrogens (tertiary/aromatic N) is 2. The van der Waals surface area contributed by atoms with Crippen molar-refractivity contribution < 1.29 is 0 Å². The van der Waals surface area contributed by atoms with Gasteiger partial charge in [0.25, 0.3) is 0 Å². The molecule has 0 amide bonds. The van der Waals surface area contributed by atoms with Gasteiger partial charge in [-0.05, 0) is 56.5 Å². The average Bonchev–Trinajstić information content (AvgIpc) is 3.07. The Morgan fingerprint density at radius 2 is 1.84 bits per heavy atom. The summed E-state index contributed by atoms with van der Waals surface area (Å²) in [5, 5.41) is 3.70. The molecule has 0 unspecified atom stereocenters. The molecule has 25 heavy (non-hydrogen) atoms. The summed E-state index contributed by atoms with van der Waals surface area (Å²) in [6.45, 7) is 7.23. The van der Waals surface area contributed by atoms with Crippen LogP contribution >= 0.6 is 0 Å². The number of anilines is 1. The van der Waals surface area contributed by atoms with Crippen molar-refractivity contribution in [1.82, 2.24) is 9.38 Å². The van der Waals surface area contributed by atoms with E-state index in [9.17, 15) is 0 Å². The Bertz CT molecular complexity index is 829. The van der Waals surface area contributed by atoms with Crippen LogP contribution in [0.3, 0.4) is 0 Å². The number of rotatable bonds is 7. The molecule has 0 aliphatic rings. The van der Waals surface area contributed by atoms with Gasteiger partial charge in [0, 0.05) is 29.2 Å². The van der Waals surface area contributed by atoms with Crippen molar-refractivity contribution in [2.45, 2.75) is 45.6 Å². The van der Waals surface area contributed by atoms with Crippen molar-refractivity contribution in [1.29, 1.82) is 0 Å². The first kappa shape index (κ1) is 17.5. The topological polar surface area (TPSA) is 55.3 Å². The van der Waals surface area contributed by atoms with Gasteiger partial charge in [0.05, 0.1) is 5.69 Å². The van der Waals surface area contributed by atoms with E-state index in [1.54, 1.807) is 0 Å². The quantitative estimate of drug-likeness (QED) is 0.661. The molecule has 0 radical (unpaired) electrons. The molecule has 4 heteroatoms. The Balaban J connectivity index is 1.85. The number of hydrogen-bond acceptors (Lipinski definition) is 3. The molecule has 0 fully saturated rings. The summed E-state index contributed by atoms with van der Waals surface area (Å²) in [5.41, 5.74) is 11.4. The van der Waals surface area contributed by atoms with Gasteiger partial charge in [-0.3, -0.25) is 0 Å². The Hall–Kier alpha value is -2.33. The molecule has 0 saturated heterocycles. The van der Waals surface area contributed by atoms with Crippen LogP contribution in [0, 0.1) is 6.92 Å². The lowest BCUT2D eigenvalue weighted by atomic mass is 9.88. The Kier molecular flexibility index (Phi) is 5.09. The van der Waals surface area contributed by atoms with Crippen LogP contribution < -0.4 is 11.1 Å². The summed E-state index contributed by atoms with van der Waals surface area (Å²) in [6.07, 6.45) is 7.23. The summed E-state index contributed by atoms with van der Waals surface area (Å²) >= 11 is 0. The molecule has 0 atom stereocenters. The van der Waals surface area contributed by atoms with Crippen LogP contribution in [0.25, 0.3) is 16.9 Å². The minimum atomic E-state index is 0.0798. The lowest BCUT2D eigenvalue weighted by Gasteiger charge is -2.34. The van der Waals surface area contributed by atoms with E-state index in [2.05, 4.69) is 67.0 Å². The van der Waals surface area contributed by atoms with E-state index in [0.717, 1.165) is 41.9 Å². The van der Waals surface area contributed by atoms with Gasteiger partial charge in [0.1, 0.15) is 5.65 Å². The number of benzene rings is 1. The van der Waals surface area contributed by atoms with E-state index < -0.39 is 0 Å². The van der Waals surface area contributed by atoms with Crippen LogP contribution in [0.2, 0.25) is 0 Å². The van der Waals surface area contributed by atoms with E-state index in [1.165, 1.54) is 5.56 Å². The van der Waals surface area contributed by atoms with Crippen molar-refractivity contribution in [2.24, 2.45) is 5.73 Å². The molecule has 3 aromatic rings. The minimum absolute atomic E-state index is 0.0798. The third-order valence-corrected chi connectivity index (χ3v) is 5.24. The smallest absolute Gasteiger partial charge is 0.140 e. The second-order valence-corrected chi connectivity index (χ2v) is 6.78. The highest BCUT2D eigenvalue weighted by molar-refractivity contribution is 5.66. The zero-order valence-electron chi connectivity index (χ0n) is 15.4. The lowest BCUT2D eigenvalue weighted by Crippen LogP contribution is -2.39. The van der Waals surface area contributed by atoms with Crippen LogP contribution in [0.1, 0.15) is 38.7 Å². The van der Waals surface area contributed by atoms with E-state index in [4.69, 9.17) is 10.7 Å². The fraction of sp³-hybridized carbons (Fsp3) is 0.381. The molecule has 3 rings (SSSR count). The van der Waals surface area contributed by atoms with E-state index in [0.29, 0.717) is 6.54 Å². The number of hydrogen-bond donors (Lipinski definition) is 2. The molecule has 0 aliphatic heterocycles. The van der Waals surface area contributed by atoms with Crippen LogP contribution in [0.5, 0.6) is 0 Å². The number of nitrogens with one attached hydrogen (secondary N) is 1. The lowest BCUT2D eigenvalue weighted by molar-refractivity contribution is 0.409. The first-order valence-corrected chi connectivity index (χ1v) is 9.14. The van der Waals surface area contributed by atoms with Gasteiger partial charge in [-0.15, -0.1) is 0 Å². The minimum Gasteiger partial charge on any atom is -0.380 e. The van der Waals surface area contributed by atoms with Gasteiger partial charge in [0.2, 0.25) is 0 Å². The predicted molar refractivity (Wildman–Crippen MR) is 106 cm³/mol. The van der Waals surface area contributed by atoms with Gasteiger partial charge in [-0.1, -0.05) is 32.0 Å². The molecular weight excluding hydrogens is 308 g/mol. The first-order valence-electron chi connectivity index (χ1n) is 9.14. The second kappa shape index (κ2) is 7.28. The fourth-order valence-corrected chi connectivity index (χ4v) is 3.44. The molecular formula is C21H28N4. The highest BCUT2D eigenvalue weighted by Crippen LogP contribution is 2.27. The number of aryl methyl sites for hydroxylation is 1. The van der Waals surface area contributed by atoms with Gasteiger partial charge in [-0.2, -0.15) is 0 Å². The van der Waals surface area contributed by atoms with Gasteiger partial charge < -0.3 is 15.5 Å². The zero-order chi connectivity index (χ0) is 17.9. The molecule has 2 aromatic heterocycles. The Labute approximate surface area is 150 Å². The highest BCUT2D eigenvalue weighted by Gasteiger charge is 2.24. The maximum Gasteiger partial charge on any atom is 0.140 e. The maximum atomic E-state index is 5.82. The molecule has 2 heterocycles. The largest absolute Gasteiger partial charge is 0.380 e. The number of fused-ring (bicyclic) bond motifs is 1. The molecule has 0 aliphatic carbocycles. The first-order chi connectivity index (χ1) is 12.1. The van der Waals surface area contributed by atoms with Crippen LogP contribution in [0.4, 0.5) is 5.69 Å². The van der Waals surface area contributed by atoms with Gasteiger partial charge in [0.15, 0.2) is 0 Å². The molecule has 0 bridgehead atoms. The van der Waals surface area contributed by atoms with E-state index in [-0.39, 0.29) is 5.54 Å². The van der Waals surface area contributed by atoms with Crippen molar-refractivity contribution in [2.75, 3.05) is 11.9 Å². The Morgan fingerprint density at radius 1 is 1.12 bits per heavy atom. The Morgan fingerprint density at radius 3 is 2.44 bits per heavy atom. The number of nitrogens with two attached hydrogens (primary N) is 1. The molecule has 4 nitrogen and oxygen atoms in total. The normalized spacial score (nSPS) is 11.8. The monoisotopic (exact) mass is 336 g/mol. The van der Waals surface area contributed by atoms with E-state index in [1.807, 2.05) is 12.3 Å². The number of aromatic nitrogens is 2. The third kappa shape index (κ3) is 3.54. The number of pyridine rings is 1. The molecule has 1 aromatic carbocycles. The summed E-state index contributed by atoms with van der Waals surface area (Å²) in [7, 11) is 0. The number of imidazole rings is 1. The standard InChI is InChI=1S/C21H28N4/c1-4-21(5-2,12-13-22)24-18-10-8-17(9-11-18)19-15-25-14-6-7-16(3)20(25)23-19/h6-11,14-15,24H,4-5,12-13,22H2,1-3H3. The van der Waals surface area contributed by atoms with Crippen molar-refractivity contribution in [3.05, 3.63) is 54.4 Å². The molecule has 132 valence electrons. The maximum absolute atomic E-state index is 5.82. The molecule has 3 N–H and O–H groups in total. The fourth-order valence-electron chi connectivity index (χ4n) is 3.44. The van der Waals surface area contributed by atoms with Crippen molar-refractivity contribution in [3.8, 4) is 11.3 Å². The van der Waals surface area contributed by atoms with Crippen molar-refractivity contribution in [3.63, 3.8) is 0 Å². The zero-order valence-corrected chi connectivity index (χ0v) is 15.4. The van der Waals surface area contributed by atoms with Crippen LogP contribution in [-0.2, 0) is 0 Å². The highest BCUT2D eigenvalue weighted by atomic mass is 15.0. The summed E-state index contributed by atoms with van der Waals surface area (Å²) in [6, 6.07) is 12.7. The summed E-state index contributed by atoms with van der Waals surface area (Å²) in [4.78, 5) is 4.77. The van der Waals surface area contributed by atoms with Crippen LogP contribution in [0.15, 0.2) is 48.8 Å². The van der Waals surface area contributed by atoms with Crippen molar-refractivity contribution >= 4 is 11.3 Å². The molecule has 0 saturated carbocycles. The SMILES string of the molecule is CCC(CC)(CCN)Nc1ccc(-c2cn3cccc(C)c3n2)cc1. The van der Waals surface area contributed by atoms with Gasteiger partial charge >= 0.3 is 0 Å². The second-order valence-electron chi connectivity index (χ2n) is 6.78.